The summed E-state index contributed by atoms with van der Waals surface area (Å²) < 4.78 is 43.5. The van der Waals surface area contributed by atoms with Crippen LogP contribution in [0, 0.1) is 11.6 Å². The summed E-state index contributed by atoms with van der Waals surface area (Å²) in [5.74, 6) is -4.65. The van der Waals surface area contributed by atoms with Crippen LogP contribution in [0.15, 0.2) is 92.0 Å². The maximum atomic E-state index is 14.5. The molecule has 3 rings (SSSR count). The summed E-state index contributed by atoms with van der Waals surface area (Å²) in [7, 11) is 0. The van der Waals surface area contributed by atoms with Gasteiger partial charge in [-0.2, -0.15) is 4.39 Å². The summed E-state index contributed by atoms with van der Waals surface area (Å²) in [6, 6.07) is 14.6. The minimum Gasteiger partial charge on any atom is -0.423 e. The summed E-state index contributed by atoms with van der Waals surface area (Å²) >= 11 is 0. The molecule has 0 amide bonds. The summed E-state index contributed by atoms with van der Waals surface area (Å²) in [6.45, 7) is 6.50. The lowest BCUT2D eigenvalue weighted by atomic mass is 10.0. The molecule has 6 nitrogen and oxygen atoms in total. The van der Waals surface area contributed by atoms with E-state index < -0.39 is 35.3 Å². The molecule has 0 spiro atoms. The van der Waals surface area contributed by atoms with E-state index >= 15 is 0 Å². The van der Waals surface area contributed by atoms with Gasteiger partial charge >= 0.3 is 17.9 Å². The van der Waals surface area contributed by atoms with Crippen LogP contribution in [0.1, 0.15) is 5.56 Å². The maximum absolute atomic E-state index is 14.5. The monoisotopic (exact) mass is 476 g/mol. The van der Waals surface area contributed by atoms with Gasteiger partial charge in [0, 0.05) is 23.8 Å². The predicted octanol–water partition coefficient (Wildman–Crippen LogP) is 5.43. The lowest BCUT2D eigenvalue weighted by Gasteiger charge is -2.08. The highest BCUT2D eigenvalue weighted by Gasteiger charge is 2.17. The van der Waals surface area contributed by atoms with E-state index in [1.165, 1.54) is 42.5 Å². The van der Waals surface area contributed by atoms with Gasteiger partial charge in [-0.3, -0.25) is 0 Å². The van der Waals surface area contributed by atoms with Crippen LogP contribution in [0.2, 0.25) is 0 Å². The second-order valence-electron chi connectivity index (χ2n) is 6.84. The Morgan fingerprint density at radius 3 is 1.77 bits per heavy atom. The first kappa shape index (κ1) is 24.8. The van der Waals surface area contributed by atoms with E-state index in [1.807, 2.05) is 0 Å². The lowest BCUT2D eigenvalue weighted by molar-refractivity contribution is -0.130. The van der Waals surface area contributed by atoms with Crippen LogP contribution in [0.4, 0.5) is 8.78 Å². The average Bonchev–Trinajstić information content (AvgIpc) is 2.87. The molecule has 0 saturated carbocycles. The smallest absolute Gasteiger partial charge is 0.336 e. The number of carbonyl (C=O) groups is 3. The van der Waals surface area contributed by atoms with Crippen LogP contribution >= 0.6 is 0 Å². The normalized spacial score (nSPS) is 10.5. The SMILES string of the molecule is C=CC(=O)Oc1ccc(OC(=O)/C=C/c2ccc(-c3ccc(OC(=O)C=C)c(F)c3F)cc2)cc1. The molecule has 8 heteroatoms. The molecule has 0 aliphatic heterocycles. The van der Waals surface area contributed by atoms with Crippen LogP contribution < -0.4 is 14.2 Å². The Morgan fingerprint density at radius 1 is 0.657 bits per heavy atom. The average molecular weight is 476 g/mol. The number of ether oxygens (including phenoxy) is 3. The van der Waals surface area contributed by atoms with Gasteiger partial charge in [-0.25, -0.2) is 18.8 Å². The number of hydrogen-bond donors (Lipinski definition) is 0. The highest BCUT2D eigenvalue weighted by Crippen LogP contribution is 2.30. The van der Waals surface area contributed by atoms with E-state index in [0.29, 0.717) is 11.1 Å². The molecule has 176 valence electrons. The Labute approximate surface area is 199 Å². The van der Waals surface area contributed by atoms with Gasteiger partial charge < -0.3 is 14.2 Å². The van der Waals surface area contributed by atoms with Crippen LogP contribution in [0.5, 0.6) is 17.2 Å². The van der Waals surface area contributed by atoms with E-state index in [2.05, 4.69) is 17.9 Å². The fourth-order valence-electron chi connectivity index (χ4n) is 2.81. The second-order valence-corrected chi connectivity index (χ2v) is 6.84. The van der Waals surface area contributed by atoms with Gasteiger partial charge in [0.1, 0.15) is 11.5 Å². The molecule has 0 bridgehead atoms. The summed E-state index contributed by atoms with van der Waals surface area (Å²) in [4.78, 5) is 34.4. The largest absolute Gasteiger partial charge is 0.423 e. The number of esters is 3. The molecule has 0 atom stereocenters. The summed E-state index contributed by atoms with van der Waals surface area (Å²) in [5.41, 5.74) is 0.952. The zero-order valence-electron chi connectivity index (χ0n) is 18.2. The molecular formula is C27H18F2O6. The zero-order valence-corrected chi connectivity index (χ0v) is 18.2. The van der Waals surface area contributed by atoms with Gasteiger partial charge in [-0.15, -0.1) is 0 Å². The fourth-order valence-corrected chi connectivity index (χ4v) is 2.81. The van der Waals surface area contributed by atoms with Crippen molar-refractivity contribution in [2.45, 2.75) is 0 Å². The summed E-state index contributed by atoms with van der Waals surface area (Å²) in [5, 5.41) is 0. The minimum absolute atomic E-state index is 0.0296. The van der Waals surface area contributed by atoms with E-state index in [0.717, 1.165) is 18.2 Å². The van der Waals surface area contributed by atoms with Gasteiger partial charge in [-0.1, -0.05) is 37.4 Å². The van der Waals surface area contributed by atoms with Gasteiger partial charge in [-0.05, 0) is 53.6 Å². The number of rotatable bonds is 8. The standard InChI is InChI=1S/C27H18F2O6/c1-3-23(30)33-19-10-12-20(13-11-19)34-25(32)16-7-17-5-8-18(9-6-17)21-14-15-22(27(29)26(21)28)35-24(31)4-2/h3-16H,1-2H2/b16-7+. The third-order valence-corrected chi connectivity index (χ3v) is 4.48. The van der Waals surface area contributed by atoms with Crippen molar-refractivity contribution in [3.63, 3.8) is 0 Å². The predicted molar refractivity (Wildman–Crippen MR) is 125 cm³/mol. The minimum atomic E-state index is -1.30. The zero-order chi connectivity index (χ0) is 25.4. The quantitative estimate of drug-likeness (QED) is 0.245. The molecule has 3 aromatic carbocycles. The molecule has 0 aliphatic rings. The molecule has 0 unspecified atom stereocenters. The van der Waals surface area contributed by atoms with Gasteiger partial charge in [0.2, 0.25) is 5.82 Å². The van der Waals surface area contributed by atoms with Crippen LogP contribution in [0.25, 0.3) is 17.2 Å². The Bertz CT molecular complexity index is 1310. The maximum Gasteiger partial charge on any atom is 0.336 e. The lowest BCUT2D eigenvalue weighted by Crippen LogP contribution is -2.06. The Kier molecular flexibility index (Phi) is 8.02. The molecule has 0 N–H and O–H groups in total. The Balaban J connectivity index is 1.64. The third kappa shape index (κ3) is 6.58. The number of benzene rings is 3. The van der Waals surface area contributed by atoms with Crippen molar-refractivity contribution in [2.75, 3.05) is 0 Å². The first-order valence-corrected chi connectivity index (χ1v) is 10.1. The van der Waals surface area contributed by atoms with Crippen molar-refractivity contribution in [3.05, 3.63) is 109 Å². The second kappa shape index (κ2) is 11.3. The first-order chi connectivity index (χ1) is 16.8. The van der Waals surface area contributed by atoms with Crippen LogP contribution in [-0.2, 0) is 14.4 Å². The Hall–Kier alpha value is -4.85. The topological polar surface area (TPSA) is 78.9 Å². The van der Waals surface area contributed by atoms with E-state index in [1.54, 1.807) is 24.3 Å². The van der Waals surface area contributed by atoms with E-state index in [-0.39, 0.29) is 17.1 Å². The van der Waals surface area contributed by atoms with Crippen molar-refractivity contribution >= 4 is 24.0 Å². The van der Waals surface area contributed by atoms with Crippen LogP contribution in [0.3, 0.4) is 0 Å². The molecule has 0 radical (unpaired) electrons. The van der Waals surface area contributed by atoms with E-state index in [9.17, 15) is 23.2 Å². The number of carbonyl (C=O) groups excluding carboxylic acids is 3. The van der Waals surface area contributed by atoms with Crippen LogP contribution in [-0.4, -0.2) is 17.9 Å². The van der Waals surface area contributed by atoms with Crippen molar-refractivity contribution in [1.29, 1.82) is 0 Å². The van der Waals surface area contributed by atoms with E-state index in [4.69, 9.17) is 9.47 Å². The molecule has 0 aromatic heterocycles. The molecule has 0 fully saturated rings. The summed E-state index contributed by atoms with van der Waals surface area (Å²) in [6.07, 6.45) is 4.55. The first-order valence-electron chi connectivity index (χ1n) is 10.1. The van der Waals surface area contributed by atoms with Gasteiger partial charge in [0.25, 0.3) is 0 Å². The molecule has 0 heterocycles. The van der Waals surface area contributed by atoms with Crippen molar-refractivity contribution in [3.8, 4) is 28.4 Å². The van der Waals surface area contributed by atoms with Crippen molar-refractivity contribution < 1.29 is 37.4 Å². The fraction of sp³-hybridized carbons (Fsp3) is 0. The molecule has 35 heavy (non-hydrogen) atoms. The highest BCUT2D eigenvalue weighted by molar-refractivity contribution is 5.89. The van der Waals surface area contributed by atoms with Gasteiger partial charge in [0.05, 0.1) is 0 Å². The molecule has 3 aromatic rings. The molecular weight excluding hydrogens is 458 g/mol. The molecule has 0 aliphatic carbocycles. The number of halogens is 2. The van der Waals surface area contributed by atoms with Crippen molar-refractivity contribution in [2.24, 2.45) is 0 Å². The number of hydrogen-bond acceptors (Lipinski definition) is 6. The van der Waals surface area contributed by atoms with Gasteiger partial charge in [0.15, 0.2) is 11.6 Å². The van der Waals surface area contributed by atoms with Crippen molar-refractivity contribution in [1.82, 2.24) is 0 Å². The third-order valence-electron chi connectivity index (χ3n) is 4.48. The molecule has 0 saturated heterocycles. The Morgan fingerprint density at radius 2 is 1.20 bits per heavy atom. The highest BCUT2D eigenvalue weighted by atomic mass is 19.2.